The summed E-state index contributed by atoms with van der Waals surface area (Å²) in [6.07, 6.45) is 2.35. The van der Waals surface area contributed by atoms with Crippen molar-refractivity contribution in [2.75, 3.05) is 23.3 Å². The van der Waals surface area contributed by atoms with Crippen LogP contribution in [0.4, 0.5) is 16.2 Å². The number of hydrogen-bond acceptors (Lipinski definition) is 3. The second-order valence-corrected chi connectivity index (χ2v) is 5.16. The Balaban J connectivity index is 1.76. The summed E-state index contributed by atoms with van der Waals surface area (Å²) in [4.78, 5) is 28.4. The Morgan fingerprint density at radius 3 is 2.96 bits per heavy atom. The van der Waals surface area contributed by atoms with Gasteiger partial charge in [-0.25, -0.2) is 4.79 Å². The van der Waals surface area contributed by atoms with Gasteiger partial charge in [0, 0.05) is 30.7 Å². The van der Waals surface area contributed by atoms with Gasteiger partial charge in [-0.2, -0.15) is 5.26 Å². The fraction of sp³-hybridized carbons (Fsp3) is 0.188. The van der Waals surface area contributed by atoms with Crippen LogP contribution >= 0.6 is 0 Å². The Hall–Kier alpha value is -3.27. The molecule has 2 heterocycles. The molecule has 1 aromatic carbocycles. The van der Waals surface area contributed by atoms with Crippen molar-refractivity contribution in [2.24, 2.45) is 0 Å². The van der Waals surface area contributed by atoms with E-state index in [9.17, 15) is 9.59 Å². The first-order valence-corrected chi connectivity index (χ1v) is 7.22. The standard InChI is InChI=1S/C16H15N5O2/c17-9-11-7-14(19-10-11)15(22)20-12-3-1-4-13(8-12)21-6-2-5-18-16(21)23/h1,3-4,7-8,10,19H,2,5-6H2,(H,18,23)(H,20,22). The highest BCUT2D eigenvalue weighted by atomic mass is 16.2. The molecule has 0 unspecified atom stereocenters. The van der Waals surface area contributed by atoms with Gasteiger partial charge in [-0.1, -0.05) is 6.07 Å². The maximum atomic E-state index is 12.2. The molecule has 23 heavy (non-hydrogen) atoms. The summed E-state index contributed by atoms with van der Waals surface area (Å²) in [6, 6.07) is 10.4. The highest BCUT2D eigenvalue weighted by Crippen LogP contribution is 2.21. The lowest BCUT2D eigenvalue weighted by Gasteiger charge is -2.27. The second-order valence-electron chi connectivity index (χ2n) is 5.16. The monoisotopic (exact) mass is 309 g/mol. The van der Waals surface area contributed by atoms with Crippen LogP contribution in [0.3, 0.4) is 0 Å². The smallest absolute Gasteiger partial charge is 0.321 e. The molecule has 1 fully saturated rings. The van der Waals surface area contributed by atoms with Gasteiger partial charge < -0.3 is 15.6 Å². The molecule has 1 saturated heterocycles. The van der Waals surface area contributed by atoms with Gasteiger partial charge in [-0.05, 0) is 30.7 Å². The van der Waals surface area contributed by atoms with E-state index in [1.807, 2.05) is 12.1 Å². The molecule has 3 N–H and O–H groups in total. The Morgan fingerprint density at radius 2 is 2.22 bits per heavy atom. The Bertz CT molecular complexity index is 790. The molecule has 1 aromatic heterocycles. The number of carbonyl (C=O) groups excluding carboxylic acids is 2. The number of nitriles is 1. The number of aromatic nitrogens is 1. The highest BCUT2D eigenvalue weighted by Gasteiger charge is 2.19. The van der Waals surface area contributed by atoms with Crippen LogP contribution in [0.1, 0.15) is 22.5 Å². The maximum Gasteiger partial charge on any atom is 0.321 e. The molecule has 7 nitrogen and oxygen atoms in total. The molecule has 3 amide bonds. The van der Waals surface area contributed by atoms with Crippen molar-refractivity contribution in [3.8, 4) is 6.07 Å². The largest absolute Gasteiger partial charge is 0.356 e. The molecule has 7 heteroatoms. The number of rotatable bonds is 3. The molecular formula is C16H15N5O2. The molecule has 116 valence electrons. The number of anilines is 2. The molecule has 1 aliphatic rings. The fourth-order valence-electron chi connectivity index (χ4n) is 2.42. The van der Waals surface area contributed by atoms with E-state index in [-0.39, 0.29) is 11.9 Å². The highest BCUT2D eigenvalue weighted by molar-refractivity contribution is 6.03. The van der Waals surface area contributed by atoms with E-state index in [0.717, 1.165) is 12.1 Å². The maximum absolute atomic E-state index is 12.2. The molecule has 2 aromatic rings. The zero-order valence-corrected chi connectivity index (χ0v) is 12.3. The Kier molecular flexibility index (Phi) is 3.97. The fourth-order valence-corrected chi connectivity index (χ4v) is 2.42. The van der Waals surface area contributed by atoms with Crippen LogP contribution in [0, 0.1) is 11.3 Å². The molecule has 1 aliphatic heterocycles. The van der Waals surface area contributed by atoms with E-state index in [1.54, 1.807) is 23.1 Å². The van der Waals surface area contributed by atoms with Crippen molar-refractivity contribution >= 4 is 23.3 Å². The molecule has 0 aliphatic carbocycles. The number of benzene rings is 1. The normalized spacial score (nSPS) is 14.0. The van der Waals surface area contributed by atoms with Crippen LogP contribution in [0.25, 0.3) is 0 Å². The van der Waals surface area contributed by atoms with E-state index < -0.39 is 0 Å². The van der Waals surface area contributed by atoms with Crippen LogP contribution in [0.2, 0.25) is 0 Å². The summed E-state index contributed by atoms with van der Waals surface area (Å²) >= 11 is 0. The summed E-state index contributed by atoms with van der Waals surface area (Å²) in [5, 5.41) is 14.3. The molecule has 0 radical (unpaired) electrons. The topological polar surface area (TPSA) is 101 Å². The zero-order chi connectivity index (χ0) is 16.2. The minimum Gasteiger partial charge on any atom is -0.356 e. The Labute approximate surface area is 132 Å². The SMILES string of the molecule is N#Cc1c[nH]c(C(=O)Nc2cccc(N3CCCNC3=O)c2)c1. The summed E-state index contributed by atoms with van der Waals surface area (Å²) in [7, 11) is 0. The quantitative estimate of drug-likeness (QED) is 0.808. The van der Waals surface area contributed by atoms with Gasteiger partial charge in [-0.15, -0.1) is 0 Å². The molecule has 0 bridgehead atoms. The third kappa shape index (κ3) is 3.16. The molecular weight excluding hydrogens is 294 g/mol. The predicted octanol–water partition coefficient (Wildman–Crippen LogP) is 2.06. The second kappa shape index (κ2) is 6.23. The number of carbonyl (C=O) groups is 2. The van der Waals surface area contributed by atoms with Crippen molar-refractivity contribution < 1.29 is 9.59 Å². The van der Waals surface area contributed by atoms with Crippen LogP contribution in [0.5, 0.6) is 0 Å². The molecule has 0 spiro atoms. The average molecular weight is 309 g/mol. The van der Waals surface area contributed by atoms with Gasteiger partial charge >= 0.3 is 6.03 Å². The van der Waals surface area contributed by atoms with E-state index in [0.29, 0.717) is 30.0 Å². The van der Waals surface area contributed by atoms with Crippen molar-refractivity contribution in [3.05, 3.63) is 47.8 Å². The first-order valence-electron chi connectivity index (χ1n) is 7.22. The number of nitrogens with zero attached hydrogens (tertiary/aromatic N) is 2. The van der Waals surface area contributed by atoms with Gasteiger partial charge in [0.2, 0.25) is 0 Å². The lowest BCUT2D eigenvalue weighted by molar-refractivity contribution is 0.102. The van der Waals surface area contributed by atoms with Crippen molar-refractivity contribution in [1.82, 2.24) is 10.3 Å². The molecule has 0 saturated carbocycles. The molecule has 0 atom stereocenters. The van der Waals surface area contributed by atoms with Crippen LogP contribution in [0.15, 0.2) is 36.5 Å². The lowest BCUT2D eigenvalue weighted by Crippen LogP contribution is -2.46. The number of amides is 3. The van der Waals surface area contributed by atoms with Gasteiger partial charge in [0.15, 0.2) is 0 Å². The minimum atomic E-state index is -0.341. The number of hydrogen-bond donors (Lipinski definition) is 3. The summed E-state index contributed by atoms with van der Waals surface area (Å²) in [5.74, 6) is -0.341. The van der Waals surface area contributed by atoms with E-state index in [1.165, 1.54) is 12.3 Å². The average Bonchev–Trinajstić information content (AvgIpc) is 3.05. The summed E-state index contributed by atoms with van der Waals surface area (Å²) in [5.41, 5.74) is 2.01. The van der Waals surface area contributed by atoms with E-state index >= 15 is 0 Å². The minimum absolute atomic E-state index is 0.136. The number of aromatic amines is 1. The van der Waals surface area contributed by atoms with Gasteiger partial charge in [0.25, 0.3) is 5.91 Å². The van der Waals surface area contributed by atoms with Gasteiger partial charge in [-0.3, -0.25) is 9.69 Å². The number of urea groups is 1. The van der Waals surface area contributed by atoms with Gasteiger partial charge in [0.05, 0.1) is 5.56 Å². The van der Waals surface area contributed by atoms with Crippen molar-refractivity contribution in [1.29, 1.82) is 5.26 Å². The van der Waals surface area contributed by atoms with Gasteiger partial charge in [0.1, 0.15) is 11.8 Å². The van der Waals surface area contributed by atoms with Crippen LogP contribution < -0.4 is 15.5 Å². The molecule has 3 rings (SSSR count). The first-order chi connectivity index (χ1) is 11.2. The van der Waals surface area contributed by atoms with Crippen LogP contribution in [-0.2, 0) is 0 Å². The summed E-state index contributed by atoms with van der Waals surface area (Å²) < 4.78 is 0. The Morgan fingerprint density at radius 1 is 1.35 bits per heavy atom. The lowest BCUT2D eigenvalue weighted by atomic mass is 10.2. The summed E-state index contributed by atoms with van der Waals surface area (Å²) in [6.45, 7) is 1.32. The zero-order valence-electron chi connectivity index (χ0n) is 12.3. The first kappa shape index (κ1) is 14.7. The van der Waals surface area contributed by atoms with Crippen molar-refractivity contribution in [2.45, 2.75) is 6.42 Å². The number of H-pyrrole nitrogens is 1. The third-order valence-electron chi connectivity index (χ3n) is 3.55. The predicted molar refractivity (Wildman–Crippen MR) is 85.3 cm³/mol. The van der Waals surface area contributed by atoms with E-state index in [4.69, 9.17) is 5.26 Å². The van der Waals surface area contributed by atoms with Crippen LogP contribution in [-0.4, -0.2) is 30.0 Å². The third-order valence-corrected chi connectivity index (χ3v) is 3.55. The van der Waals surface area contributed by atoms with E-state index in [2.05, 4.69) is 15.6 Å². The van der Waals surface area contributed by atoms with Crippen molar-refractivity contribution in [3.63, 3.8) is 0 Å². The number of nitrogens with one attached hydrogen (secondary N) is 3.